The second-order valence-electron chi connectivity index (χ2n) is 7.73. The molecule has 0 bridgehead atoms. The Morgan fingerprint density at radius 3 is 2.18 bits per heavy atom. The summed E-state index contributed by atoms with van der Waals surface area (Å²) < 4.78 is 5.14. The first-order valence-corrected chi connectivity index (χ1v) is 9.14. The number of carbonyl (C=O) groups is 3. The van der Waals surface area contributed by atoms with Crippen LogP contribution in [0.1, 0.15) is 52.0 Å². The van der Waals surface area contributed by atoms with E-state index in [9.17, 15) is 14.4 Å². The molecule has 148 valence electrons. The van der Waals surface area contributed by atoms with Gasteiger partial charge in [-0.2, -0.15) is 0 Å². The minimum absolute atomic E-state index is 0.181. The lowest BCUT2D eigenvalue weighted by atomic mass is 10.1. The van der Waals surface area contributed by atoms with Gasteiger partial charge in [0.1, 0.15) is 0 Å². The highest BCUT2D eigenvalue weighted by Gasteiger charge is 2.27. The minimum atomic E-state index is -0.381. The fraction of sp³-hybridized carbons (Fsp3) is 0.400. The number of rotatable bonds is 3. The van der Waals surface area contributed by atoms with E-state index in [2.05, 4.69) is 10.3 Å². The lowest BCUT2D eigenvalue weighted by molar-refractivity contribution is 0.0518. The molecular weight excluding hydrogens is 360 g/mol. The fourth-order valence-electron chi connectivity index (χ4n) is 2.95. The van der Waals surface area contributed by atoms with Crippen LogP contribution in [0.4, 0.5) is 0 Å². The van der Waals surface area contributed by atoms with E-state index in [-0.39, 0.29) is 23.3 Å². The van der Waals surface area contributed by atoms with Crippen molar-refractivity contribution in [3.05, 3.63) is 53.7 Å². The van der Waals surface area contributed by atoms with E-state index in [1.165, 1.54) is 18.7 Å². The van der Waals surface area contributed by atoms with E-state index < -0.39 is 0 Å². The van der Waals surface area contributed by atoms with Crippen LogP contribution in [-0.4, -0.2) is 64.2 Å². The lowest BCUT2D eigenvalue weighted by Crippen LogP contribution is -2.50. The number of carbonyl (C=O) groups excluding carboxylic acids is 3. The highest BCUT2D eigenvalue weighted by atomic mass is 16.3. The SMILES string of the molecule is CC(C)(C)NC(=O)c1cncc(C(=O)N2CCN(C(=O)c3ccco3)CC2)c1. The molecule has 0 unspecified atom stereocenters. The molecule has 0 radical (unpaired) electrons. The maximum Gasteiger partial charge on any atom is 0.289 e. The Bertz CT molecular complexity index is 863. The third-order valence-corrected chi connectivity index (χ3v) is 4.32. The molecule has 8 heteroatoms. The van der Waals surface area contributed by atoms with E-state index >= 15 is 0 Å². The number of aromatic nitrogens is 1. The molecule has 0 saturated carbocycles. The monoisotopic (exact) mass is 384 g/mol. The molecule has 28 heavy (non-hydrogen) atoms. The fourth-order valence-corrected chi connectivity index (χ4v) is 2.95. The molecule has 2 aromatic heterocycles. The summed E-state index contributed by atoms with van der Waals surface area (Å²) in [4.78, 5) is 44.8. The first-order valence-electron chi connectivity index (χ1n) is 9.14. The van der Waals surface area contributed by atoms with Crippen molar-refractivity contribution in [3.63, 3.8) is 0 Å². The van der Waals surface area contributed by atoms with E-state index in [0.717, 1.165) is 0 Å². The average Bonchev–Trinajstić information content (AvgIpc) is 3.20. The summed E-state index contributed by atoms with van der Waals surface area (Å²) in [5.41, 5.74) is 0.313. The Balaban J connectivity index is 1.63. The lowest BCUT2D eigenvalue weighted by Gasteiger charge is -2.34. The number of pyridine rings is 1. The maximum atomic E-state index is 12.8. The standard InChI is InChI=1S/C20H24N4O4/c1-20(2,3)22-17(25)14-11-15(13-21-12-14)18(26)23-6-8-24(9-7-23)19(27)16-5-4-10-28-16/h4-5,10-13H,6-9H2,1-3H3,(H,22,25). The van der Waals surface area contributed by atoms with Crippen LogP contribution in [0.25, 0.3) is 0 Å². The molecule has 1 saturated heterocycles. The van der Waals surface area contributed by atoms with Crippen LogP contribution >= 0.6 is 0 Å². The molecule has 2 aromatic rings. The molecule has 1 N–H and O–H groups in total. The molecule has 1 aliphatic rings. The third kappa shape index (κ3) is 4.57. The first kappa shape index (κ1) is 19.6. The second-order valence-corrected chi connectivity index (χ2v) is 7.73. The van der Waals surface area contributed by atoms with Gasteiger partial charge in [0.05, 0.1) is 17.4 Å². The quantitative estimate of drug-likeness (QED) is 0.871. The Hall–Kier alpha value is -3.16. The summed E-state index contributed by atoms with van der Waals surface area (Å²) in [6.07, 6.45) is 4.36. The summed E-state index contributed by atoms with van der Waals surface area (Å²) in [6, 6.07) is 4.85. The van der Waals surface area contributed by atoms with Crippen molar-refractivity contribution in [2.24, 2.45) is 0 Å². The van der Waals surface area contributed by atoms with Gasteiger partial charge >= 0.3 is 0 Å². The zero-order valence-electron chi connectivity index (χ0n) is 16.3. The van der Waals surface area contributed by atoms with Gasteiger partial charge in [0.25, 0.3) is 17.7 Å². The van der Waals surface area contributed by atoms with Crippen LogP contribution in [0.2, 0.25) is 0 Å². The van der Waals surface area contributed by atoms with E-state index in [1.54, 1.807) is 28.0 Å². The van der Waals surface area contributed by atoms with Gasteiger partial charge in [-0.05, 0) is 39.0 Å². The molecule has 1 fully saturated rings. The van der Waals surface area contributed by atoms with Gasteiger partial charge in [-0.15, -0.1) is 0 Å². The van der Waals surface area contributed by atoms with Gasteiger partial charge in [-0.1, -0.05) is 0 Å². The van der Waals surface area contributed by atoms with Crippen LogP contribution in [0.5, 0.6) is 0 Å². The molecular formula is C20H24N4O4. The number of hydrogen-bond donors (Lipinski definition) is 1. The Morgan fingerprint density at radius 1 is 1.00 bits per heavy atom. The zero-order chi connectivity index (χ0) is 20.3. The van der Waals surface area contributed by atoms with E-state index in [0.29, 0.717) is 43.1 Å². The van der Waals surface area contributed by atoms with E-state index in [1.807, 2.05) is 20.8 Å². The minimum Gasteiger partial charge on any atom is -0.459 e. The van der Waals surface area contributed by atoms with Gasteiger partial charge in [-0.25, -0.2) is 0 Å². The van der Waals surface area contributed by atoms with Crippen molar-refractivity contribution >= 4 is 17.7 Å². The maximum absolute atomic E-state index is 12.8. The van der Waals surface area contributed by atoms with Gasteiger partial charge in [-0.3, -0.25) is 19.4 Å². The Labute approximate surface area is 163 Å². The number of amides is 3. The summed E-state index contributed by atoms with van der Waals surface area (Å²) in [5, 5.41) is 2.86. The van der Waals surface area contributed by atoms with Crippen molar-refractivity contribution in [1.29, 1.82) is 0 Å². The normalized spacial score (nSPS) is 14.7. The molecule has 0 spiro atoms. The number of furan rings is 1. The summed E-state index contributed by atoms with van der Waals surface area (Å²) >= 11 is 0. The smallest absolute Gasteiger partial charge is 0.289 e. The van der Waals surface area contributed by atoms with Crippen molar-refractivity contribution in [2.75, 3.05) is 26.2 Å². The molecule has 0 aliphatic carbocycles. The van der Waals surface area contributed by atoms with Gasteiger partial charge in [0.2, 0.25) is 0 Å². The first-order chi connectivity index (χ1) is 13.2. The molecule has 8 nitrogen and oxygen atoms in total. The molecule has 3 rings (SSSR count). The number of piperazine rings is 1. The van der Waals surface area contributed by atoms with Crippen molar-refractivity contribution in [1.82, 2.24) is 20.1 Å². The predicted molar refractivity (Wildman–Crippen MR) is 102 cm³/mol. The molecule has 0 atom stereocenters. The number of nitrogens with zero attached hydrogens (tertiary/aromatic N) is 3. The van der Waals surface area contributed by atoms with Crippen LogP contribution in [-0.2, 0) is 0 Å². The third-order valence-electron chi connectivity index (χ3n) is 4.32. The van der Waals surface area contributed by atoms with Crippen molar-refractivity contribution in [2.45, 2.75) is 26.3 Å². The van der Waals surface area contributed by atoms with Crippen LogP contribution in [0.15, 0.2) is 41.3 Å². The van der Waals surface area contributed by atoms with Crippen molar-refractivity contribution < 1.29 is 18.8 Å². The largest absolute Gasteiger partial charge is 0.459 e. The van der Waals surface area contributed by atoms with E-state index in [4.69, 9.17) is 4.42 Å². The number of nitrogens with one attached hydrogen (secondary N) is 1. The Morgan fingerprint density at radius 2 is 1.61 bits per heavy atom. The average molecular weight is 384 g/mol. The highest BCUT2D eigenvalue weighted by molar-refractivity contribution is 5.99. The van der Waals surface area contributed by atoms with Gasteiger partial charge in [0, 0.05) is 44.1 Å². The van der Waals surface area contributed by atoms with Crippen LogP contribution in [0, 0.1) is 0 Å². The highest BCUT2D eigenvalue weighted by Crippen LogP contribution is 2.13. The van der Waals surface area contributed by atoms with Crippen LogP contribution in [0.3, 0.4) is 0 Å². The summed E-state index contributed by atoms with van der Waals surface area (Å²) in [7, 11) is 0. The molecule has 1 aliphatic heterocycles. The summed E-state index contributed by atoms with van der Waals surface area (Å²) in [6.45, 7) is 7.31. The Kier molecular flexibility index (Phi) is 5.48. The predicted octanol–water partition coefficient (Wildman–Crippen LogP) is 1.80. The van der Waals surface area contributed by atoms with Gasteiger partial charge < -0.3 is 19.5 Å². The van der Waals surface area contributed by atoms with Crippen molar-refractivity contribution in [3.8, 4) is 0 Å². The molecule has 0 aromatic carbocycles. The summed E-state index contributed by atoms with van der Waals surface area (Å²) in [5.74, 6) is -0.368. The molecule has 3 amide bonds. The zero-order valence-corrected chi connectivity index (χ0v) is 16.3. The van der Waals surface area contributed by atoms with Gasteiger partial charge in [0.15, 0.2) is 5.76 Å². The number of hydrogen-bond acceptors (Lipinski definition) is 5. The second kappa shape index (κ2) is 7.84. The van der Waals surface area contributed by atoms with Crippen LogP contribution < -0.4 is 5.32 Å². The molecule has 3 heterocycles. The topological polar surface area (TPSA) is 95.8 Å².